The van der Waals surface area contributed by atoms with Crippen molar-refractivity contribution >= 4 is 17.9 Å². The minimum atomic E-state index is -0.773. The zero-order valence-electron chi connectivity index (χ0n) is 40.7. The standard InChI is InChI=1S/C55H100O6/c1-4-7-10-13-16-19-22-24-26-27-29-30-33-36-39-42-45-48-54(57)60-51-52(50-59-53(56)47-44-41-38-35-32-21-18-15-12-9-6-3)61-55(58)49-46-43-40-37-34-31-28-25-23-20-17-14-11-8-5-2/h16,19-20,23-24,26,52H,4-15,17-18,21-22,25,27-51H2,1-3H3/b19-16-,23-20-,26-24-. The molecule has 1 atom stereocenters. The van der Waals surface area contributed by atoms with E-state index in [1.54, 1.807) is 0 Å². The van der Waals surface area contributed by atoms with E-state index in [1.165, 1.54) is 167 Å². The second-order valence-corrected chi connectivity index (χ2v) is 17.8. The Kier molecular flexibility index (Phi) is 48.3. The fraction of sp³-hybridized carbons (Fsp3) is 0.836. The van der Waals surface area contributed by atoms with Crippen LogP contribution in [0.1, 0.15) is 278 Å². The van der Waals surface area contributed by atoms with Crippen molar-refractivity contribution in [2.75, 3.05) is 13.2 Å². The number of ether oxygens (including phenoxy) is 3. The number of carbonyl (C=O) groups is 3. The molecule has 0 aromatic heterocycles. The third-order valence-electron chi connectivity index (χ3n) is 11.6. The lowest BCUT2D eigenvalue weighted by Gasteiger charge is -2.18. The highest BCUT2D eigenvalue weighted by Gasteiger charge is 2.19. The molecule has 0 fully saturated rings. The van der Waals surface area contributed by atoms with Crippen LogP contribution in [-0.2, 0) is 28.6 Å². The van der Waals surface area contributed by atoms with Crippen LogP contribution < -0.4 is 0 Å². The zero-order chi connectivity index (χ0) is 44.4. The first-order chi connectivity index (χ1) is 30.0. The molecule has 0 aromatic carbocycles. The summed E-state index contributed by atoms with van der Waals surface area (Å²) in [5, 5.41) is 0. The van der Waals surface area contributed by atoms with E-state index in [2.05, 4.69) is 57.2 Å². The molecule has 0 heterocycles. The Labute approximate surface area is 378 Å². The highest BCUT2D eigenvalue weighted by molar-refractivity contribution is 5.71. The summed E-state index contributed by atoms with van der Waals surface area (Å²) in [6.45, 7) is 6.60. The molecule has 0 saturated carbocycles. The third kappa shape index (κ3) is 48.5. The maximum absolute atomic E-state index is 12.8. The van der Waals surface area contributed by atoms with Gasteiger partial charge >= 0.3 is 17.9 Å². The van der Waals surface area contributed by atoms with Gasteiger partial charge in [-0.1, -0.05) is 218 Å². The van der Waals surface area contributed by atoms with Crippen LogP contribution in [0.15, 0.2) is 36.5 Å². The first-order valence-electron chi connectivity index (χ1n) is 26.5. The van der Waals surface area contributed by atoms with Gasteiger partial charge in [0.2, 0.25) is 0 Å². The smallest absolute Gasteiger partial charge is 0.306 e. The molecule has 1 unspecified atom stereocenters. The molecule has 0 spiro atoms. The number of esters is 3. The summed E-state index contributed by atoms with van der Waals surface area (Å²) < 4.78 is 16.8. The molecule has 0 saturated heterocycles. The van der Waals surface area contributed by atoms with E-state index < -0.39 is 6.10 Å². The summed E-state index contributed by atoms with van der Waals surface area (Å²) in [4.78, 5) is 38.0. The minimum absolute atomic E-state index is 0.0735. The molecule has 6 nitrogen and oxygen atoms in total. The predicted octanol–water partition coefficient (Wildman–Crippen LogP) is 17.3. The van der Waals surface area contributed by atoms with Crippen LogP contribution in [0.2, 0.25) is 0 Å². The van der Waals surface area contributed by atoms with E-state index in [0.29, 0.717) is 19.3 Å². The number of hydrogen-bond donors (Lipinski definition) is 0. The van der Waals surface area contributed by atoms with Crippen LogP contribution in [-0.4, -0.2) is 37.2 Å². The van der Waals surface area contributed by atoms with Gasteiger partial charge in [-0.2, -0.15) is 0 Å². The zero-order valence-corrected chi connectivity index (χ0v) is 40.7. The van der Waals surface area contributed by atoms with Crippen molar-refractivity contribution in [3.05, 3.63) is 36.5 Å². The van der Waals surface area contributed by atoms with E-state index in [4.69, 9.17) is 14.2 Å². The van der Waals surface area contributed by atoms with Crippen molar-refractivity contribution in [1.29, 1.82) is 0 Å². The first kappa shape index (κ1) is 58.6. The van der Waals surface area contributed by atoms with Crippen molar-refractivity contribution in [3.63, 3.8) is 0 Å². The molecule has 356 valence electrons. The highest BCUT2D eigenvalue weighted by Crippen LogP contribution is 2.15. The first-order valence-corrected chi connectivity index (χ1v) is 26.5. The SMILES string of the molecule is CCCCC/C=C\C/C=C\CCCCCCCCCC(=O)OCC(COC(=O)CCCCCCCCCCCCC)OC(=O)CCCCCCCCC/C=C\CCCCCC. The van der Waals surface area contributed by atoms with Gasteiger partial charge in [0.1, 0.15) is 13.2 Å². The highest BCUT2D eigenvalue weighted by atomic mass is 16.6. The molecule has 0 N–H and O–H groups in total. The number of rotatable bonds is 48. The largest absolute Gasteiger partial charge is 0.462 e. The number of allylic oxidation sites excluding steroid dienone is 6. The summed E-state index contributed by atoms with van der Waals surface area (Å²) in [5.41, 5.74) is 0. The lowest BCUT2D eigenvalue weighted by Crippen LogP contribution is -2.30. The molecule has 0 aromatic rings. The maximum Gasteiger partial charge on any atom is 0.306 e. The number of unbranched alkanes of at least 4 members (excludes halogenated alkanes) is 31. The van der Waals surface area contributed by atoms with Gasteiger partial charge in [-0.3, -0.25) is 14.4 Å². The molecule has 0 aliphatic carbocycles. The Morgan fingerprint density at radius 3 is 0.967 bits per heavy atom. The summed E-state index contributed by atoms with van der Waals surface area (Å²) in [6, 6.07) is 0. The lowest BCUT2D eigenvalue weighted by atomic mass is 10.1. The van der Waals surface area contributed by atoms with Crippen LogP contribution in [0.25, 0.3) is 0 Å². The van der Waals surface area contributed by atoms with Crippen molar-refractivity contribution < 1.29 is 28.6 Å². The van der Waals surface area contributed by atoms with Gasteiger partial charge < -0.3 is 14.2 Å². The molecular formula is C55H100O6. The molecule has 61 heavy (non-hydrogen) atoms. The van der Waals surface area contributed by atoms with E-state index in [9.17, 15) is 14.4 Å². The van der Waals surface area contributed by atoms with Gasteiger partial charge in [0.05, 0.1) is 0 Å². The van der Waals surface area contributed by atoms with E-state index in [-0.39, 0.29) is 31.1 Å². The molecular weight excluding hydrogens is 757 g/mol. The topological polar surface area (TPSA) is 78.9 Å². The summed E-state index contributed by atoms with van der Waals surface area (Å²) in [7, 11) is 0. The molecule has 0 amide bonds. The van der Waals surface area contributed by atoms with Crippen molar-refractivity contribution in [2.24, 2.45) is 0 Å². The summed E-state index contributed by atoms with van der Waals surface area (Å²) in [5.74, 6) is -0.876. The van der Waals surface area contributed by atoms with Crippen LogP contribution in [0.3, 0.4) is 0 Å². The second-order valence-electron chi connectivity index (χ2n) is 17.8. The van der Waals surface area contributed by atoms with E-state index >= 15 is 0 Å². The molecule has 0 radical (unpaired) electrons. The maximum atomic E-state index is 12.8. The van der Waals surface area contributed by atoms with Gasteiger partial charge in [0.25, 0.3) is 0 Å². The Balaban J connectivity index is 4.35. The number of hydrogen-bond acceptors (Lipinski definition) is 6. The van der Waals surface area contributed by atoms with Crippen LogP contribution >= 0.6 is 0 Å². The van der Waals surface area contributed by atoms with Gasteiger partial charge in [0, 0.05) is 19.3 Å². The third-order valence-corrected chi connectivity index (χ3v) is 11.6. The molecule has 0 bridgehead atoms. The Morgan fingerprint density at radius 1 is 0.328 bits per heavy atom. The normalized spacial score (nSPS) is 12.2. The van der Waals surface area contributed by atoms with Gasteiger partial charge in [-0.15, -0.1) is 0 Å². The summed E-state index contributed by atoms with van der Waals surface area (Å²) >= 11 is 0. The molecule has 0 aliphatic heterocycles. The van der Waals surface area contributed by atoms with E-state index in [1.807, 2.05) is 0 Å². The monoisotopic (exact) mass is 857 g/mol. The van der Waals surface area contributed by atoms with Gasteiger partial charge in [-0.05, 0) is 77.0 Å². The second kappa shape index (κ2) is 50.3. The molecule has 0 rings (SSSR count). The lowest BCUT2D eigenvalue weighted by molar-refractivity contribution is -0.167. The van der Waals surface area contributed by atoms with Gasteiger partial charge in [0.15, 0.2) is 6.10 Å². The van der Waals surface area contributed by atoms with Gasteiger partial charge in [-0.25, -0.2) is 0 Å². The fourth-order valence-corrected chi connectivity index (χ4v) is 7.59. The summed E-state index contributed by atoms with van der Waals surface area (Å²) in [6.07, 6.45) is 58.3. The Bertz CT molecular complexity index is 1030. The molecule has 0 aliphatic rings. The van der Waals surface area contributed by atoms with Crippen LogP contribution in [0.4, 0.5) is 0 Å². The van der Waals surface area contributed by atoms with Crippen molar-refractivity contribution in [3.8, 4) is 0 Å². The van der Waals surface area contributed by atoms with Crippen molar-refractivity contribution in [2.45, 2.75) is 284 Å². The predicted molar refractivity (Wildman–Crippen MR) is 261 cm³/mol. The van der Waals surface area contributed by atoms with E-state index in [0.717, 1.165) is 70.6 Å². The number of carbonyl (C=O) groups excluding carboxylic acids is 3. The quantitative estimate of drug-likeness (QED) is 0.0262. The van der Waals surface area contributed by atoms with Crippen molar-refractivity contribution in [1.82, 2.24) is 0 Å². The molecule has 6 heteroatoms. The Morgan fingerprint density at radius 2 is 0.590 bits per heavy atom. The van der Waals surface area contributed by atoms with Crippen LogP contribution in [0.5, 0.6) is 0 Å². The average Bonchev–Trinajstić information content (AvgIpc) is 3.26. The van der Waals surface area contributed by atoms with Crippen LogP contribution in [0, 0.1) is 0 Å². The average molecular weight is 857 g/mol. The Hall–Kier alpha value is -2.37. The minimum Gasteiger partial charge on any atom is -0.462 e. The fourth-order valence-electron chi connectivity index (χ4n) is 7.59.